The van der Waals surface area contributed by atoms with Crippen LogP contribution in [-0.2, 0) is 0 Å². The van der Waals surface area contributed by atoms with Gasteiger partial charge in [0, 0.05) is 10.5 Å². The van der Waals surface area contributed by atoms with Crippen LogP contribution in [0.3, 0.4) is 0 Å². The first-order valence-corrected chi connectivity index (χ1v) is 6.15. The zero-order valence-electron chi connectivity index (χ0n) is 8.97. The monoisotopic (exact) mass is 273 g/mol. The van der Waals surface area contributed by atoms with Crippen LogP contribution in [0, 0.1) is 5.82 Å². The molecule has 0 heterocycles. The van der Waals surface area contributed by atoms with Crippen LogP contribution in [0.15, 0.2) is 22.7 Å². The lowest BCUT2D eigenvalue weighted by molar-refractivity contribution is 0.571. The van der Waals surface area contributed by atoms with E-state index in [1.807, 2.05) is 0 Å². The van der Waals surface area contributed by atoms with E-state index in [1.165, 1.54) is 25.0 Å². The number of rotatable bonds is 5. The van der Waals surface area contributed by atoms with Gasteiger partial charge in [-0.1, -0.05) is 42.1 Å². The van der Waals surface area contributed by atoms with Gasteiger partial charge in [-0.15, -0.1) is 0 Å². The highest BCUT2D eigenvalue weighted by atomic mass is 79.9. The smallest absolute Gasteiger partial charge is 0.123 e. The molecular weight excluding hydrogens is 257 g/mol. The minimum Gasteiger partial charge on any atom is -0.324 e. The zero-order chi connectivity index (χ0) is 11.3. The quantitative estimate of drug-likeness (QED) is 0.801. The van der Waals surface area contributed by atoms with Gasteiger partial charge >= 0.3 is 0 Å². The van der Waals surface area contributed by atoms with Gasteiger partial charge in [0.05, 0.1) is 0 Å². The Labute approximate surface area is 99.0 Å². The second-order valence-corrected chi connectivity index (χ2v) is 4.62. The van der Waals surface area contributed by atoms with Gasteiger partial charge in [0.25, 0.3) is 0 Å². The van der Waals surface area contributed by atoms with E-state index in [0.717, 1.165) is 22.9 Å². The molecule has 0 amide bonds. The van der Waals surface area contributed by atoms with Crippen LogP contribution in [0.2, 0.25) is 0 Å². The van der Waals surface area contributed by atoms with Crippen molar-refractivity contribution in [1.29, 1.82) is 0 Å². The topological polar surface area (TPSA) is 26.0 Å². The van der Waals surface area contributed by atoms with Gasteiger partial charge in [0.15, 0.2) is 0 Å². The van der Waals surface area contributed by atoms with Crippen LogP contribution < -0.4 is 5.73 Å². The van der Waals surface area contributed by atoms with Crippen molar-refractivity contribution in [3.63, 3.8) is 0 Å². The van der Waals surface area contributed by atoms with Crippen molar-refractivity contribution in [3.05, 3.63) is 34.1 Å². The average Bonchev–Trinajstić information content (AvgIpc) is 2.22. The predicted molar refractivity (Wildman–Crippen MR) is 65.2 cm³/mol. The third-order valence-corrected chi connectivity index (χ3v) is 3.20. The average molecular weight is 274 g/mol. The highest BCUT2D eigenvalue weighted by Gasteiger charge is 2.10. The maximum Gasteiger partial charge on any atom is 0.123 e. The minimum absolute atomic E-state index is 0.0679. The van der Waals surface area contributed by atoms with Crippen LogP contribution in [-0.4, -0.2) is 0 Å². The van der Waals surface area contributed by atoms with Crippen LogP contribution in [0.1, 0.15) is 44.2 Å². The van der Waals surface area contributed by atoms with Crippen LogP contribution in [0.5, 0.6) is 0 Å². The number of unbranched alkanes of at least 4 members (excludes halogenated alkanes) is 2. The van der Waals surface area contributed by atoms with Gasteiger partial charge in [-0.25, -0.2) is 4.39 Å². The fourth-order valence-corrected chi connectivity index (χ4v) is 2.11. The molecule has 0 spiro atoms. The number of nitrogens with two attached hydrogens (primary N) is 1. The number of hydrogen-bond acceptors (Lipinski definition) is 1. The standard InChI is InChI=1S/C12H17BrFN/c1-2-3-4-5-12(15)10-8-9(14)6-7-11(10)13/h6-8,12H,2-5,15H2,1H3/t12-/m0/s1. The van der Waals surface area contributed by atoms with Gasteiger partial charge in [0.2, 0.25) is 0 Å². The number of halogens is 2. The van der Waals surface area contributed by atoms with E-state index in [9.17, 15) is 4.39 Å². The van der Waals surface area contributed by atoms with Gasteiger partial charge in [0.1, 0.15) is 5.82 Å². The summed E-state index contributed by atoms with van der Waals surface area (Å²) in [7, 11) is 0. The molecule has 2 N–H and O–H groups in total. The molecule has 84 valence electrons. The van der Waals surface area contributed by atoms with E-state index in [-0.39, 0.29) is 11.9 Å². The summed E-state index contributed by atoms with van der Waals surface area (Å²) in [6.07, 6.45) is 4.37. The number of hydrogen-bond donors (Lipinski definition) is 1. The second-order valence-electron chi connectivity index (χ2n) is 3.77. The summed E-state index contributed by atoms with van der Waals surface area (Å²) in [5, 5.41) is 0. The molecule has 3 heteroatoms. The molecule has 0 aromatic heterocycles. The van der Waals surface area contributed by atoms with Gasteiger partial charge in [-0.05, 0) is 30.2 Å². The Morgan fingerprint density at radius 2 is 2.13 bits per heavy atom. The Morgan fingerprint density at radius 3 is 2.80 bits per heavy atom. The van der Waals surface area contributed by atoms with Crippen molar-refractivity contribution >= 4 is 15.9 Å². The van der Waals surface area contributed by atoms with Gasteiger partial charge < -0.3 is 5.73 Å². The Balaban J connectivity index is 2.64. The molecule has 0 unspecified atom stereocenters. The third-order valence-electron chi connectivity index (χ3n) is 2.48. The first-order valence-electron chi connectivity index (χ1n) is 5.35. The molecule has 0 saturated carbocycles. The summed E-state index contributed by atoms with van der Waals surface area (Å²) in [5.41, 5.74) is 6.88. The molecule has 1 nitrogen and oxygen atoms in total. The Bertz CT molecular complexity index is 314. The molecule has 0 fully saturated rings. The molecule has 15 heavy (non-hydrogen) atoms. The van der Waals surface area contributed by atoms with Crippen molar-refractivity contribution in [2.24, 2.45) is 5.73 Å². The van der Waals surface area contributed by atoms with Crippen molar-refractivity contribution in [3.8, 4) is 0 Å². The maximum atomic E-state index is 13.0. The predicted octanol–water partition coefficient (Wildman–Crippen LogP) is 4.17. The summed E-state index contributed by atoms with van der Waals surface area (Å²) in [4.78, 5) is 0. The van der Waals surface area contributed by atoms with Crippen molar-refractivity contribution < 1.29 is 4.39 Å². The van der Waals surface area contributed by atoms with Crippen molar-refractivity contribution in [2.75, 3.05) is 0 Å². The lowest BCUT2D eigenvalue weighted by Gasteiger charge is -2.13. The Kier molecular flexibility index (Phi) is 5.26. The summed E-state index contributed by atoms with van der Waals surface area (Å²) in [6.45, 7) is 2.16. The van der Waals surface area contributed by atoms with E-state index in [4.69, 9.17) is 5.73 Å². The van der Waals surface area contributed by atoms with E-state index in [0.29, 0.717) is 0 Å². The third kappa shape index (κ3) is 3.92. The second kappa shape index (κ2) is 6.23. The minimum atomic E-state index is -0.223. The molecule has 0 saturated heterocycles. The molecule has 1 rings (SSSR count). The lowest BCUT2D eigenvalue weighted by Crippen LogP contribution is -2.11. The molecule has 1 aromatic carbocycles. The molecule has 1 atom stereocenters. The fourth-order valence-electron chi connectivity index (χ4n) is 1.57. The van der Waals surface area contributed by atoms with E-state index in [2.05, 4.69) is 22.9 Å². The summed E-state index contributed by atoms with van der Waals surface area (Å²) < 4.78 is 13.9. The van der Waals surface area contributed by atoms with Gasteiger partial charge in [-0.3, -0.25) is 0 Å². The molecule has 0 aliphatic carbocycles. The molecule has 0 bridgehead atoms. The molecule has 0 aliphatic rings. The number of benzene rings is 1. The summed E-state index contributed by atoms with van der Waals surface area (Å²) >= 11 is 3.39. The SMILES string of the molecule is CCCCC[C@H](N)c1cc(F)ccc1Br. The first-order chi connectivity index (χ1) is 7.15. The lowest BCUT2D eigenvalue weighted by atomic mass is 10.0. The maximum absolute atomic E-state index is 13.0. The van der Waals surface area contributed by atoms with Crippen LogP contribution in [0.25, 0.3) is 0 Å². The van der Waals surface area contributed by atoms with E-state index < -0.39 is 0 Å². The molecule has 0 radical (unpaired) electrons. The van der Waals surface area contributed by atoms with Crippen molar-refractivity contribution in [1.82, 2.24) is 0 Å². The van der Waals surface area contributed by atoms with Crippen molar-refractivity contribution in [2.45, 2.75) is 38.6 Å². The highest BCUT2D eigenvalue weighted by Crippen LogP contribution is 2.26. The highest BCUT2D eigenvalue weighted by molar-refractivity contribution is 9.10. The zero-order valence-corrected chi connectivity index (χ0v) is 10.6. The Hall–Kier alpha value is -0.410. The van der Waals surface area contributed by atoms with E-state index >= 15 is 0 Å². The van der Waals surface area contributed by atoms with Crippen LogP contribution in [0.4, 0.5) is 4.39 Å². The molecule has 1 aromatic rings. The Morgan fingerprint density at radius 1 is 1.40 bits per heavy atom. The summed E-state index contributed by atoms with van der Waals surface area (Å²) in [5.74, 6) is -0.223. The fraction of sp³-hybridized carbons (Fsp3) is 0.500. The summed E-state index contributed by atoms with van der Waals surface area (Å²) in [6, 6.07) is 4.60. The van der Waals surface area contributed by atoms with E-state index in [1.54, 1.807) is 6.07 Å². The molecule has 0 aliphatic heterocycles. The van der Waals surface area contributed by atoms with Crippen LogP contribution >= 0.6 is 15.9 Å². The molecular formula is C12H17BrFN. The normalized spacial score (nSPS) is 12.8. The first kappa shape index (κ1) is 12.7. The largest absolute Gasteiger partial charge is 0.324 e. The van der Waals surface area contributed by atoms with Gasteiger partial charge in [-0.2, -0.15) is 0 Å².